The highest BCUT2D eigenvalue weighted by Gasteiger charge is 2.23. The summed E-state index contributed by atoms with van der Waals surface area (Å²) < 4.78 is 33.0. The zero-order valence-electron chi connectivity index (χ0n) is 9.10. The summed E-state index contributed by atoms with van der Waals surface area (Å²) in [5.74, 6) is -1.15. The molecule has 17 heavy (non-hydrogen) atoms. The molecule has 1 N–H and O–H groups in total. The third-order valence-electron chi connectivity index (χ3n) is 1.94. The molecule has 1 atom stereocenters. The first-order valence-corrected chi connectivity index (χ1v) is 4.94. The molecule has 94 valence electrons. The Bertz CT molecular complexity index is 381. The highest BCUT2D eigenvalue weighted by atomic mass is 19.3. The number of benzene rings is 1. The number of carbonyl (C=O) groups is 1. The van der Waals surface area contributed by atoms with Crippen molar-refractivity contribution in [1.82, 2.24) is 0 Å². The maximum absolute atomic E-state index is 12.1. The van der Waals surface area contributed by atoms with Gasteiger partial charge in [-0.1, -0.05) is 18.2 Å². The second kappa shape index (κ2) is 6.15. The number of hydrogen-bond acceptors (Lipinski definition) is 4. The molecular formula is C11H12F2O4. The highest BCUT2D eigenvalue weighted by Crippen LogP contribution is 2.27. The minimum atomic E-state index is -3.02. The normalized spacial score (nSPS) is 12.3. The molecule has 0 spiro atoms. The summed E-state index contributed by atoms with van der Waals surface area (Å²) in [6.07, 6.45) is -1.63. The monoisotopic (exact) mass is 246 g/mol. The van der Waals surface area contributed by atoms with E-state index >= 15 is 0 Å². The Morgan fingerprint density at radius 3 is 2.65 bits per heavy atom. The summed E-state index contributed by atoms with van der Waals surface area (Å²) in [5, 5.41) is 9.61. The minimum Gasteiger partial charge on any atom is -0.464 e. The first-order chi connectivity index (χ1) is 8.06. The van der Waals surface area contributed by atoms with Gasteiger partial charge >= 0.3 is 12.6 Å². The molecule has 4 nitrogen and oxygen atoms in total. The highest BCUT2D eigenvalue weighted by molar-refractivity contribution is 5.77. The van der Waals surface area contributed by atoms with E-state index in [1.807, 2.05) is 0 Å². The zero-order chi connectivity index (χ0) is 12.8. The Morgan fingerprint density at radius 2 is 2.06 bits per heavy atom. The Morgan fingerprint density at radius 1 is 1.41 bits per heavy atom. The van der Waals surface area contributed by atoms with Crippen LogP contribution in [-0.2, 0) is 9.53 Å². The fraction of sp³-hybridized carbons (Fsp3) is 0.364. The van der Waals surface area contributed by atoms with Gasteiger partial charge in [0.2, 0.25) is 0 Å². The molecule has 1 rings (SSSR count). The van der Waals surface area contributed by atoms with Gasteiger partial charge in [-0.3, -0.25) is 0 Å². The maximum Gasteiger partial charge on any atom is 0.387 e. The van der Waals surface area contributed by atoms with Gasteiger partial charge in [0.25, 0.3) is 0 Å². The van der Waals surface area contributed by atoms with E-state index in [1.54, 1.807) is 6.92 Å². The average molecular weight is 246 g/mol. The van der Waals surface area contributed by atoms with Gasteiger partial charge in [0.1, 0.15) is 5.75 Å². The van der Waals surface area contributed by atoms with Gasteiger partial charge in [-0.15, -0.1) is 0 Å². The topological polar surface area (TPSA) is 55.8 Å². The van der Waals surface area contributed by atoms with Crippen LogP contribution in [0.25, 0.3) is 0 Å². The van der Waals surface area contributed by atoms with Crippen molar-refractivity contribution in [2.24, 2.45) is 0 Å². The first kappa shape index (κ1) is 13.4. The minimum absolute atomic E-state index is 0.0498. The van der Waals surface area contributed by atoms with Gasteiger partial charge in [-0.05, 0) is 13.0 Å². The number of carbonyl (C=O) groups excluding carboxylic acids is 1. The van der Waals surface area contributed by atoms with Crippen molar-refractivity contribution in [3.8, 4) is 5.75 Å². The lowest BCUT2D eigenvalue weighted by atomic mass is 10.1. The second-order valence-electron chi connectivity index (χ2n) is 3.07. The van der Waals surface area contributed by atoms with Crippen molar-refractivity contribution in [2.75, 3.05) is 6.61 Å². The van der Waals surface area contributed by atoms with Crippen LogP contribution < -0.4 is 4.74 Å². The van der Waals surface area contributed by atoms with E-state index in [2.05, 4.69) is 9.47 Å². The largest absolute Gasteiger partial charge is 0.464 e. The summed E-state index contributed by atoms with van der Waals surface area (Å²) in [5.41, 5.74) is -0.0498. The van der Waals surface area contributed by atoms with Crippen molar-refractivity contribution >= 4 is 5.97 Å². The number of esters is 1. The smallest absolute Gasteiger partial charge is 0.387 e. The van der Waals surface area contributed by atoms with Crippen LogP contribution in [0.15, 0.2) is 24.3 Å². The summed E-state index contributed by atoms with van der Waals surface area (Å²) in [4.78, 5) is 11.3. The number of aliphatic hydroxyl groups excluding tert-OH is 1. The summed E-state index contributed by atoms with van der Waals surface area (Å²) in [6, 6.07) is 5.51. The Hall–Kier alpha value is -1.69. The summed E-state index contributed by atoms with van der Waals surface area (Å²) in [7, 11) is 0. The van der Waals surface area contributed by atoms with Gasteiger partial charge in [0, 0.05) is 5.56 Å². The van der Waals surface area contributed by atoms with E-state index in [-0.39, 0.29) is 17.9 Å². The maximum atomic E-state index is 12.1. The molecule has 1 aromatic rings. The Kier molecular flexibility index (Phi) is 4.84. The third-order valence-corrected chi connectivity index (χ3v) is 1.94. The van der Waals surface area contributed by atoms with Crippen LogP contribution in [0, 0.1) is 0 Å². The van der Waals surface area contributed by atoms with Crippen LogP contribution in [0.5, 0.6) is 5.75 Å². The molecule has 0 amide bonds. The zero-order valence-corrected chi connectivity index (χ0v) is 9.10. The molecule has 0 saturated heterocycles. The third kappa shape index (κ3) is 3.67. The lowest BCUT2D eigenvalue weighted by Gasteiger charge is -2.14. The van der Waals surface area contributed by atoms with Crippen LogP contribution in [0.1, 0.15) is 18.6 Å². The Labute approximate surface area is 96.8 Å². The summed E-state index contributed by atoms with van der Waals surface area (Å²) >= 11 is 0. The summed E-state index contributed by atoms with van der Waals surface area (Å²) in [6.45, 7) is -1.36. The van der Waals surface area contributed by atoms with E-state index in [9.17, 15) is 18.7 Å². The molecule has 0 aliphatic carbocycles. The number of hydrogen-bond donors (Lipinski definition) is 1. The molecule has 6 heteroatoms. The van der Waals surface area contributed by atoms with Crippen molar-refractivity contribution in [1.29, 1.82) is 0 Å². The van der Waals surface area contributed by atoms with Crippen molar-refractivity contribution < 1.29 is 28.2 Å². The van der Waals surface area contributed by atoms with Crippen molar-refractivity contribution in [2.45, 2.75) is 19.6 Å². The second-order valence-corrected chi connectivity index (χ2v) is 3.07. The molecular weight excluding hydrogens is 234 g/mol. The number of rotatable bonds is 5. The molecule has 0 radical (unpaired) electrons. The first-order valence-electron chi connectivity index (χ1n) is 4.94. The van der Waals surface area contributed by atoms with Gasteiger partial charge < -0.3 is 14.6 Å². The predicted octanol–water partition coefficient (Wildman–Crippen LogP) is 1.88. The SMILES string of the molecule is CCOC(=O)C(O)c1ccccc1OC(F)F. The van der Waals surface area contributed by atoms with Gasteiger partial charge in [-0.2, -0.15) is 8.78 Å². The average Bonchev–Trinajstić information content (AvgIpc) is 2.28. The number of aliphatic hydroxyl groups is 1. The number of para-hydroxylation sites is 1. The lowest BCUT2D eigenvalue weighted by molar-refractivity contribution is -0.153. The van der Waals surface area contributed by atoms with Gasteiger partial charge in [0.15, 0.2) is 6.10 Å². The Balaban J connectivity index is 2.92. The van der Waals surface area contributed by atoms with Crippen LogP contribution in [0.4, 0.5) is 8.78 Å². The molecule has 1 aromatic carbocycles. The quantitative estimate of drug-likeness (QED) is 0.806. The lowest BCUT2D eigenvalue weighted by Crippen LogP contribution is -2.17. The number of halogens is 2. The van der Waals surface area contributed by atoms with E-state index in [0.717, 1.165) is 0 Å². The number of alkyl halides is 2. The van der Waals surface area contributed by atoms with Crippen LogP contribution in [0.3, 0.4) is 0 Å². The van der Waals surface area contributed by atoms with Crippen LogP contribution >= 0.6 is 0 Å². The number of ether oxygens (including phenoxy) is 2. The predicted molar refractivity (Wildman–Crippen MR) is 54.7 cm³/mol. The molecule has 0 aliphatic heterocycles. The van der Waals surface area contributed by atoms with E-state index in [1.165, 1.54) is 24.3 Å². The van der Waals surface area contributed by atoms with E-state index in [0.29, 0.717) is 0 Å². The molecule has 0 saturated carbocycles. The molecule has 0 aromatic heterocycles. The van der Waals surface area contributed by atoms with Gasteiger partial charge in [0.05, 0.1) is 6.61 Å². The van der Waals surface area contributed by atoms with E-state index in [4.69, 9.17) is 0 Å². The molecule has 0 fully saturated rings. The fourth-order valence-corrected chi connectivity index (χ4v) is 1.26. The van der Waals surface area contributed by atoms with Crippen LogP contribution in [-0.4, -0.2) is 24.3 Å². The molecule has 1 unspecified atom stereocenters. The van der Waals surface area contributed by atoms with Crippen LogP contribution in [0.2, 0.25) is 0 Å². The standard InChI is InChI=1S/C11H12F2O4/c1-2-16-10(15)9(14)7-5-3-4-6-8(7)17-11(12)13/h3-6,9,11,14H,2H2,1H3. The van der Waals surface area contributed by atoms with Crippen molar-refractivity contribution in [3.63, 3.8) is 0 Å². The van der Waals surface area contributed by atoms with Crippen molar-refractivity contribution in [3.05, 3.63) is 29.8 Å². The van der Waals surface area contributed by atoms with E-state index < -0.39 is 18.7 Å². The van der Waals surface area contributed by atoms with Gasteiger partial charge in [-0.25, -0.2) is 4.79 Å². The molecule has 0 heterocycles. The fourth-order valence-electron chi connectivity index (χ4n) is 1.26. The molecule has 0 bridgehead atoms. The molecule has 0 aliphatic rings.